The predicted octanol–water partition coefficient (Wildman–Crippen LogP) is 0.00350. The van der Waals surface area contributed by atoms with Crippen molar-refractivity contribution < 1.29 is 14.7 Å². The van der Waals surface area contributed by atoms with Gasteiger partial charge in [0.1, 0.15) is 6.04 Å². The lowest BCUT2D eigenvalue weighted by Gasteiger charge is -2.13. The van der Waals surface area contributed by atoms with Crippen molar-refractivity contribution in [2.75, 3.05) is 6.54 Å². The number of nitrogens with two attached hydrogens (primary N) is 1. The molecule has 1 aromatic rings. The maximum atomic E-state index is 11.7. The Labute approximate surface area is 98.8 Å². The van der Waals surface area contributed by atoms with Crippen molar-refractivity contribution in [1.29, 1.82) is 0 Å². The van der Waals surface area contributed by atoms with Crippen LogP contribution in [0.25, 0.3) is 0 Å². The molecule has 6 heteroatoms. The van der Waals surface area contributed by atoms with Crippen molar-refractivity contribution in [3.63, 3.8) is 0 Å². The second kappa shape index (κ2) is 6.59. The summed E-state index contributed by atoms with van der Waals surface area (Å²) < 4.78 is 0. The van der Waals surface area contributed by atoms with Crippen LogP contribution in [0.4, 0.5) is 0 Å². The fraction of sp³-hybridized carbons (Fsp3) is 0.364. The van der Waals surface area contributed by atoms with Crippen molar-refractivity contribution in [2.24, 2.45) is 5.73 Å². The highest BCUT2D eigenvalue weighted by atomic mass is 16.4. The van der Waals surface area contributed by atoms with Crippen LogP contribution < -0.4 is 11.1 Å². The third-order valence-electron chi connectivity index (χ3n) is 2.22. The van der Waals surface area contributed by atoms with Crippen LogP contribution in [-0.2, 0) is 4.79 Å². The maximum absolute atomic E-state index is 11.7. The molecule has 6 nitrogen and oxygen atoms in total. The van der Waals surface area contributed by atoms with Gasteiger partial charge >= 0.3 is 5.97 Å². The maximum Gasteiger partial charge on any atom is 0.326 e. The molecule has 1 rings (SSSR count). The molecule has 1 heterocycles. The molecule has 92 valence electrons. The van der Waals surface area contributed by atoms with E-state index in [9.17, 15) is 9.59 Å². The summed E-state index contributed by atoms with van der Waals surface area (Å²) in [5.74, 6) is -1.50. The first kappa shape index (κ1) is 13.1. The van der Waals surface area contributed by atoms with Gasteiger partial charge in [-0.05, 0) is 31.5 Å². The Hall–Kier alpha value is -1.95. The summed E-state index contributed by atoms with van der Waals surface area (Å²) in [6, 6.07) is 2.28. The largest absolute Gasteiger partial charge is 0.480 e. The van der Waals surface area contributed by atoms with E-state index in [0.717, 1.165) is 0 Å². The van der Waals surface area contributed by atoms with Gasteiger partial charge in [-0.2, -0.15) is 0 Å². The monoisotopic (exact) mass is 237 g/mol. The van der Waals surface area contributed by atoms with Crippen LogP contribution in [-0.4, -0.2) is 34.6 Å². The van der Waals surface area contributed by atoms with E-state index in [1.165, 1.54) is 6.20 Å². The molecule has 0 aliphatic heterocycles. The van der Waals surface area contributed by atoms with E-state index >= 15 is 0 Å². The van der Waals surface area contributed by atoms with Crippen LogP contribution >= 0.6 is 0 Å². The van der Waals surface area contributed by atoms with Gasteiger partial charge in [0, 0.05) is 12.4 Å². The van der Waals surface area contributed by atoms with Crippen LogP contribution in [0.3, 0.4) is 0 Å². The lowest BCUT2D eigenvalue weighted by Crippen LogP contribution is -2.41. The fourth-order valence-corrected chi connectivity index (χ4v) is 1.32. The molecular weight excluding hydrogens is 222 g/mol. The topological polar surface area (TPSA) is 105 Å². The van der Waals surface area contributed by atoms with Crippen LogP contribution in [0, 0.1) is 0 Å². The number of nitrogens with zero attached hydrogens (tertiary/aromatic N) is 1. The Balaban J connectivity index is 2.61. The Morgan fingerprint density at radius 2 is 2.29 bits per heavy atom. The summed E-state index contributed by atoms with van der Waals surface area (Å²) in [5, 5.41) is 11.4. The lowest BCUT2D eigenvalue weighted by atomic mass is 10.1. The Morgan fingerprint density at radius 3 is 2.82 bits per heavy atom. The van der Waals surface area contributed by atoms with Crippen LogP contribution in [0.15, 0.2) is 24.5 Å². The summed E-state index contributed by atoms with van der Waals surface area (Å²) in [5.41, 5.74) is 5.64. The first-order valence-electron chi connectivity index (χ1n) is 5.29. The average Bonchev–Trinajstić information content (AvgIpc) is 2.35. The number of amides is 1. The second-order valence-electron chi connectivity index (χ2n) is 3.54. The van der Waals surface area contributed by atoms with Crippen molar-refractivity contribution in [2.45, 2.75) is 18.9 Å². The number of nitrogens with one attached hydrogen (secondary N) is 1. The number of aromatic nitrogens is 1. The zero-order valence-corrected chi connectivity index (χ0v) is 9.30. The lowest BCUT2D eigenvalue weighted by molar-refractivity contribution is -0.139. The molecule has 0 aliphatic carbocycles. The molecule has 0 spiro atoms. The SMILES string of the molecule is NCCC[C@H](NC(=O)c1cccnc1)C(=O)O. The van der Waals surface area contributed by atoms with E-state index in [0.29, 0.717) is 24.9 Å². The fourth-order valence-electron chi connectivity index (χ4n) is 1.32. The number of aliphatic carboxylic acids is 1. The first-order chi connectivity index (χ1) is 8.15. The van der Waals surface area contributed by atoms with Gasteiger partial charge in [0.15, 0.2) is 0 Å². The standard InChI is InChI=1S/C11H15N3O3/c12-5-1-4-9(11(16)17)14-10(15)8-3-2-6-13-7-8/h2-3,6-7,9H,1,4-5,12H2,(H,14,15)(H,16,17)/t9-/m0/s1. The Kier molecular flexibility index (Phi) is 5.09. The van der Waals surface area contributed by atoms with Gasteiger partial charge in [-0.15, -0.1) is 0 Å². The summed E-state index contributed by atoms with van der Waals surface area (Å²) in [7, 11) is 0. The quantitative estimate of drug-likeness (QED) is 0.646. The summed E-state index contributed by atoms with van der Waals surface area (Å²) >= 11 is 0. The van der Waals surface area contributed by atoms with E-state index in [4.69, 9.17) is 10.8 Å². The Morgan fingerprint density at radius 1 is 1.53 bits per heavy atom. The highest BCUT2D eigenvalue weighted by molar-refractivity contribution is 5.96. The summed E-state index contributed by atoms with van der Waals surface area (Å²) in [6.07, 6.45) is 3.79. The normalized spacial score (nSPS) is 11.8. The number of carbonyl (C=O) groups is 2. The third kappa shape index (κ3) is 4.20. The molecule has 0 saturated carbocycles. The first-order valence-corrected chi connectivity index (χ1v) is 5.29. The minimum absolute atomic E-state index is 0.317. The van der Waals surface area contributed by atoms with Gasteiger partial charge in [0.25, 0.3) is 5.91 Å². The molecule has 1 aromatic heterocycles. The highest BCUT2D eigenvalue weighted by Crippen LogP contribution is 2.01. The predicted molar refractivity (Wildman–Crippen MR) is 61.4 cm³/mol. The molecule has 0 saturated heterocycles. The molecule has 0 fully saturated rings. The zero-order valence-electron chi connectivity index (χ0n) is 9.30. The summed E-state index contributed by atoms with van der Waals surface area (Å²) in [6.45, 7) is 0.395. The molecule has 0 aromatic carbocycles. The molecule has 0 unspecified atom stereocenters. The number of carboxylic acids is 1. The van der Waals surface area contributed by atoms with E-state index in [-0.39, 0.29) is 0 Å². The number of pyridine rings is 1. The number of carbonyl (C=O) groups excluding carboxylic acids is 1. The molecule has 17 heavy (non-hydrogen) atoms. The molecule has 1 amide bonds. The van der Waals surface area contributed by atoms with E-state index < -0.39 is 17.9 Å². The van der Waals surface area contributed by atoms with Crippen molar-refractivity contribution >= 4 is 11.9 Å². The molecule has 0 radical (unpaired) electrons. The van der Waals surface area contributed by atoms with Gasteiger partial charge in [-0.3, -0.25) is 9.78 Å². The van der Waals surface area contributed by atoms with Crippen LogP contribution in [0.1, 0.15) is 23.2 Å². The van der Waals surface area contributed by atoms with E-state index in [2.05, 4.69) is 10.3 Å². The van der Waals surface area contributed by atoms with Gasteiger partial charge < -0.3 is 16.2 Å². The van der Waals surface area contributed by atoms with Crippen molar-refractivity contribution in [1.82, 2.24) is 10.3 Å². The van der Waals surface area contributed by atoms with Gasteiger partial charge in [-0.1, -0.05) is 0 Å². The number of rotatable bonds is 6. The van der Waals surface area contributed by atoms with Gasteiger partial charge in [0.05, 0.1) is 5.56 Å². The zero-order chi connectivity index (χ0) is 12.7. The van der Waals surface area contributed by atoms with E-state index in [1.54, 1.807) is 18.3 Å². The van der Waals surface area contributed by atoms with E-state index in [1.807, 2.05) is 0 Å². The number of carboxylic acid groups (broad SMARTS) is 1. The molecule has 0 aliphatic rings. The smallest absolute Gasteiger partial charge is 0.326 e. The van der Waals surface area contributed by atoms with Gasteiger partial charge in [0.2, 0.25) is 0 Å². The molecule has 1 atom stereocenters. The van der Waals surface area contributed by atoms with Crippen molar-refractivity contribution in [3.05, 3.63) is 30.1 Å². The highest BCUT2D eigenvalue weighted by Gasteiger charge is 2.19. The molecule has 0 bridgehead atoms. The number of hydrogen-bond donors (Lipinski definition) is 3. The Bertz CT molecular complexity index is 381. The van der Waals surface area contributed by atoms with Crippen LogP contribution in [0.5, 0.6) is 0 Å². The minimum atomic E-state index is -1.06. The average molecular weight is 237 g/mol. The number of hydrogen-bond acceptors (Lipinski definition) is 4. The molecular formula is C11H15N3O3. The minimum Gasteiger partial charge on any atom is -0.480 e. The van der Waals surface area contributed by atoms with Gasteiger partial charge in [-0.25, -0.2) is 4.79 Å². The summed E-state index contributed by atoms with van der Waals surface area (Å²) in [4.78, 5) is 26.4. The van der Waals surface area contributed by atoms with Crippen LogP contribution in [0.2, 0.25) is 0 Å². The van der Waals surface area contributed by atoms with Crippen molar-refractivity contribution in [3.8, 4) is 0 Å². The second-order valence-corrected chi connectivity index (χ2v) is 3.54. The molecule has 4 N–H and O–H groups in total. The third-order valence-corrected chi connectivity index (χ3v) is 2.22.